The van der Waals surface area contributed by atoms with Gasteiger partial charge in [-0.2, -0.15) is 0 Å². The van der Waals surface area contributed by atoms with E-state index in [4.69, 9.17) is 10.8 Å². The molecule has 2 aromatic heterocycles. The normalized spacial score (nSPS) is 12.6. The highest BCUT2D eigenvalue weighted by Crippen LogP contribution is 2.31. The van der Waals surface area contributed by atoms with Gasteiger partial charge >= 0.3 is 5.97 Å². The third-order valence-corrected chi connectivity index (χ3v) is 4.61. The van der Waals surface area contributed by atoms with Gasteiger partial charge in [-0.15, -0.1) is 22.7 Å². The zero-order valence-electron chi connectivity index (χ0n) is 8.59. The zero-order valence-corrected chi connectivity index (χ0v) is 11.8. The average Bonchev–Trinajstić information content (AvgIpc) is 2.86. The minimum atomic E-state index is -0.999. The molecule has 0 aromatic carbocycles. The van der Waals surface area contributed by atoms with Crippen molar-refractivity contribution in [3.8, 4) is 10.6 Å². The van der Waals surface area contributed by atoms with Gasteiger partial charge in [0, 0.05) is 11.8 Å². The Hall–Kier alpha value is -0.760. The maximum absolute atomic E-state index is 10.6. The third kappa shape index (κ3) is 3.12. The number of nitrogens with zero attached hydrogens (tertiary/aromatic N) is 1. The average molecular weight is 333 g/mol. The highest BCUT2D eigenvalue weighted by atomic mass is 79.9. The largest absolute Gasteiger partial charge is 0.480 e. The van der Waals surface area contributed by atoms with Crippen molar-refractivity contribution in [1.29, 1.82) is 0 Å². The topological polar surface area (TPSA) is 76.2 Å². The van der Waals surface area contributed by atoms with Crippen molar-refractivity contribution in [2.24, 2.45) is 5.73 Å². The van der Waals surface area contributed by atoms with Crippen LogP contribution in [0.4, 0.5) is 0 Å². The lowest BCUT2D eigenvalue weighted by molar-refractivity contribution is -0.138. The Kier molecular flexibility index (Phi) is 3.93. The Labute approximate surface area is 114 Å². The lowest BCUT2D eigenvalue weighted by Gasteiger charge is -2.01. The van der Waals surface area contributed by atoms with Gasteiger partial charge in [0.05, 0.1) is 19.4 Å². The fourth-order valence-corrected chi connectivity index (χ4v) is 3.52. The summed E-state index contributed by atoms with van der Waals surface area (Å²) in [6.45, 7) is 0. The summed E-state index contributed by atoms with van der Waals surface area (Å²) in [6, 6.07) is 3.05. The Bertz CT molecular complexity index is 538. The molecule has 0 saturated carbocycles. The smallest absolute Gasteiger partial charge is 0.320 e. The number of thiazole rings is 1. The van der Waals surface area contributed by atoms with E-state index in [0.717, 1.165) is 19.4 Å². The van der Waals surface area contributed by atoms with E-state index in [9.17, 15) is 4.79 Å². The molecule has 2 rings (SSSR count). The van der Waals surface area contributed by atoms with E-state index in [2.05, 4.69) is 20.9 Å². The zero-order chi connectivity index (χ0) is 12.4. The van der Waals surface area contributed by atoms with Crippen LogP contribution in [0.1, 0.15) is 5.01 Å². The summed E-state index contributed by atoms with van der Waals surface area (Å²) < 4.78 is 1.05. The molecule has 90 valence electrons. The summed E-state index contributed by atoms with van der Waals surface area (Å²) in [6.07, 6.45) is 0.270. The molecule has 0 aliphatic rings. The van der Waals surface area contributed by atoms with Crippen LogP contribution in [0.3, 0.4) is 0 Å². The number of hydrogen-bond acceptors (Lipinski definition) is 5. The molecule has 4 nitrogen and oxygen atoms in total. The fraction of sp³-hybridized carbons (Fsp3) is 0.200. The Balaban J connectivity index is 2.13. The molecule has 0 bridgehead atoms. The summed E-state index contributed by atoms with van der Waals surface area (Å²) in [4.78, 5) is 16.1. The van der Waals surface area contributed by atoms with E-state index in [0.29, 0.717) is 0 Å². The summed E-state index contributed by atoms with van der Waals surface area (Å²) in [7, 11) is 0. The minimum absolute atomic E-state index is 0.270. The van der Waals surface area contributed by atoms with Crippen LogP contribution in [0, 0.1) is 0 Å². The van der Waals surface area contributed by atoms with Crippen LogP contribution in [0.5, 0.6) is 0 Å². The van der Waals surface area contributed by atoms with Gasteiger partial charge in [-0.25, -0.2) is 4.98 Å². The predicted molar refractivity (Wildman–Crippen MR) is 72.4 cm³/mol. The summed E-state index contributed by atoms with van der Waals surface area (Å²) in [5, 5.41) is 11.4. The minimum Gasteiger partial charge on any atom is -0.480 e. The maximum Gasteiger partial charge on any atom is 0.320 e. The molecule has 0 amide bonds. The first-order valence-electron chi connectivity index (χ1n) is 4.75. The van der Waals surface area contributed by atoms with Crippen LogP contribution < -0.4 is 5.73 Å². The van der Waals surface area contributed by atoms with Crippen molar-refractivity contribution in [3.05, 3.63) is 26.3 Å². The van der Waals surface area contributed by atoms with Gasteiger partial charge in [0.15, 0.2) is 0 Å². The van der Waals surface area contributed by atoms with E-state index in [-0.39, 0.29) is 6.42 Å². The van der Waals surface area contributed by atoms with Gasteiger partial charge < -0.3 is 10.8 Å². The molecule has 1 unspecified atom stereocenters. The van der Waals surface area contributed by atoms with Crippen LogP contribution in [-0.4, -0.2) is 22.1 Å². The van der Waals surface area contributed by atoms with Gasteiger partial charge in [-0.1, -0.05) is 0 Å². The monoisotopic (exact) mass is 332 g/mol. The quantitative estimate of drug-likeness (QED) is 0.902. The van der Waals surface area contributed by atoms with Crippen molar-refractivity contribution in [3.63, 3.8) is 0 Å². The molecule has 3 N–H and O–H groups in total. The molecule has 17 heavy (non-hydrogen) atoms. The fourth-order valence-electron chi connectivity index (χ4n) is 1.25. The lowest BCUT2D eigenvalue weighted by atomic mass is 10.2. The molecule has 0 aliphatic carbocycles. The number of rotatable bonds is 4. The van der Waals surface area contributed by atoms with Gasteiger partial charge in [0.1, 0.15) is 6.04 Å². The molecule has 2 heterocycles. The first-order chi connectivity index (χ1) is 8.06. The number of nitrogens with two attached hydrogens (primary N) is 1. The molecular weight excluding hydrogens is 324 g/mol. The number of carbonyl (C=O) groups is 1. The van der Waals surface area contributed by atoms with Crippen molar-refractivity contribution in [2.45, 2.75) is 12.5 Å². The molecule has 0 fully saturated rings. The van der Waals surface area contributed by atoms with Gasteiger partial charge in [-0.3, -0.25) is 4.79 Å². The van der Waals surface area contributed by atoms with Gasteiger partial charge in [0.2, 0.25) is 0 Å². The number of aromatic nitrogens is 1. The Morgan fingerprint density at radius 2 is 2.35 bits per heavy atom. The molecule has 0 spiro atoms. The number of hydrogen-bond donors (Lipinski definition) is 2. The third-order valence-electron chi connectivity index (χ3n) is 2.09. The van der Waals surface area contributed by atoms with Crippen LogP contribution >= 0.6 is 38.6 Å². The van der Waals surface area contributed by atoms with Crippen molar-refractivity contribution in [2.75, 3.05) is 0 Å². The van der Waals surface area contributed by atoms with Crippen molar-refractivity contribution in [1.82, 2.24) is 4.98 Å². The Morgan fingerprint density at radius 3 is 2.94 bits per heavy atom. The van der Waals surface area contributed by atoms with Crippen LogP contribution in [0.15, 0.2) is 21.3 Å². The van der Waals surface area contributed by atoms with E-state index in [1.54, 1.807) is 11.3 Å². The first-order valence-corrected chi connectivity index (χ1v) is 7.23. The lowest BCUT2D eigenvalue weighted by Crippen LogP contribution is -2.32. The molecule has 0 aliphatic heterocycles. The SMILES string of the molecule is NC(Cc1nc(-c2ccc(Br)s2)cs1)C(=O)O. The van der Waals surface area contributed by atoms with Crippen LogP contribution in [0.2, 0.25) is 0 Å². The second kappa shape index (κ2) is 5.26. The number of carboxylic acid groups (broad SMARTS) is 1. The summed E-state index contributed by atoms with van der Waals surface area (Å²) >= 11 is 6.42. The molecule has 0 radical (unpaired) electrons. The highest BCUT2D eigenvalue weighted by molar-refractivity contribution is 9.11. The predicted octanol–water partition coefficient (Wildman–Crippen LogP) is 2.59. The molecule has 2 aromatic rings. The van der Waals surface area contributed by atoms with E-state index in [1.165, 1.54) is 11.3 Å². The summed E-state index contributed by atoms with van der Waals surface area (Å²) in [5.41, 5.74) is 6.34. The first kappa shape index (κ1) is 12.7. The van der Waals surface area contributed by atoms with Gasteiger partial charge in [0.25, 0.3) is 0 Å². The summed E-state index contributed by atoms with van der Waals surface area (Å²) in [5.74, 6) is -0.999. The number of aliphatic carboxylic acids is 1. The van der Waals surface area contributed by atoms with E-state index < -0.39 is 12.0 Å². The van der Waals surface area contributed by atoms with Crippen molar-refractivity contribution < 1.29 is 9.90 Å². The second-order valence-corrected chi connectivity index (χ2v) is 6.78. The second-order valence-electron chi connectivity index (χ2n) is 3.38. The highest BCUT2D eigenvalue weighted by Gasteiger charge is 2.15. The molecule has 7 heteroatoms. The standard InChI is InChI=1S/C10H9BrN2O2S2/c11-8-2-1-7(17-8)6-4-16-9(13-6)3-5(12)10(14)15/h1-2,4-5H,3,12H2,(H,14,15). The number of halogens is 1. The maximum atomic E-state index is 10.6. The van der Waals surface area contributed by atoms with Crippen molar-refractivity contribution >= 4 is 44.6 Å². The Morgan fingerprint density at radius 1 is 1.59 bits per heavy atom. The molecular formula is C10H9BrN2O2S2. The van der Waals surface area contributed by atoms with E-state index in [1.807, 2.05) is 17.5 Å². The number of carboxylic acids is 1. The van der Waals surface area contributed by atoms with Gasteiger partial charge in [-0.05, 0) is 28.1 Å². The molecule has 1 atom stereocenters. The molecule has 0 saturated heterocycles. The van der Waals surface area contributed by atoms with E-state index >= 15 is 0 Å². The number of thiophene rings is 1. The van der Waals surface area contributed by atoms with Crippen LogP contribution in [-0.2, 0) is 11.2 Å². The van der Waals surface area contributed by atoms with Crippen LogP contribution in [0.25, 0.3) is 10.6 Å².